The molecule has 0 saturated carbocycles. The van der Waals surface area contributed by atoms with Crippen LogP contribution in [0.2, 0.25) is 0 Å². The lowest BCUT2D eigenvalue weighted by Crippen LogP contribution is -2.06. The zero-order valence-electron chi connectivity index (χ0n) is 28.6. The summed E-state index contributed by atoms with van der Waals surface area (Å²) in [6.07, 6.45) is -4.79. The number of fused-ring (bicyclic) bond motifs is 4. The molecule has 0 spiro atoms. The number of para-hydroxylation sites is 1. The Balaban J connectivity index is 1.42. The SMILES string of the molecule is CCc1cc(-c2ccc3c(c2)c2cc(-c4cc(CC)cc(C(F)(F)F)c4)ccc2n3-c2ccccc2-c2ccnc3ncccc23)cc(C(F)(F)F)c1. The van der Waals surface area contributed by atoms with E-state index >= 15 is 0 Å². The van der Waals surface area contributed by atoms with Gasteiger partial charge < -0.3 is 4.57 Å². The van der Waals surface area contributed by atoms with Crippen molar-refractivity contribution in [2.24, 2.45) is 0 Å². The van der Waals surface area contributed by atoms with Crippen LogP contribution < -0.4 is 0 Å². The van der Waals surface area contributed by atoms with E-state index in [1.807, 2.05) is 92.7 Å². The van der Waals surface area contributed by atoms with E-state index in [4.69, 9.17) is 0 Å². The molecule has 0 aliphatic rings. The molecule has 3 heterocycles. The van der Waals surface area contributed by atoms with Gasteiger partial charge in [-0.1, -0.05) is 56.3 Å². The highest BCUT2D eigenvalue weighted by Crippen LogP contribution is 2.42. The third kappa shape index (κ3) is 6.20. The van der Waals surface area contributed by atoms with Gasteiger partial charge in [-0.2, -0.15) is 26.3 Å². The fourth-order valence-electron chi connectivity index (χ4n) is 7.21. The molecule has 9 heteroatoms. The van der Waals surface area contributed by atoms with Crippen molar-refractivity contribution in [2.75, 3.05) is 0 Å². The monoisotopic (exact) mass is 715 g/mol. The van der Waals surface area contributed by atoms with Crippen LogP contribution >= 0.6 is 0 Å². The summed E-state index contributed by atoms with van der Waals surface area (Å²) in [5.74, 6) is 0. The molecule has 0 saturated heterocycles. The van der Waals surface area contributed by atoms with Gasteiger partial charge in [0.1, 0.15) is 0 Å². The van der Waals surface area contributed by atoms with Crippen molar-refractivity contribution in [3.05, 3.63) is 150 Å². The van der Waals surface area contributed by atoms with Crippen LogP contribution in [0, 0.1) is 0 Å². The van der Waals surface area contributed by atoms with Gasteiger partial charge in [0.05, 0.1) is 27.8 Å². The molecule has 0 amide bonds. The Kier molecular flexibility index (Phi) is 8.32. The van der Waals surface area contributed by atoms with Crippen molar-refractivity contribution < 1.29 is 26.3 Å². The van der Waals surface area contributed by atoms with E-state index in [1.54, 1.807) is 24.5 Å². The number of hydrogen-bond acceptors (Lipinski definition) is 2. The molecule has 3 nitrogen and oxygen atoms in total. The number of pyridine rings is 2. The Morgan fingerprint density at radius 2 is 1.04 bits per heavy atom. The molecule has 3 aromatic heterocycles. The molecule has 5 aromatic carbocycles. The van der Waals surface area contributed by atoms with Crippen molar-refractivity contribution in [1.29, 1.82) is 0 Å². The first-order valence-electron chi connectivity index (χ1n) is 17.2. The van der Waals surface area contributed by atoms with Crippen LogP contribution in [0.4, 0.5) is 26.3 Å². The predicted molar refractivity (Wildman–Crippen MR) is 199 cm³/mol. The molecule has 0 N–H and O–H groups in total. The number of aromatic nitrogens is 3. The number of rotatable bonds is 6. The lowest BCUT2D eigenvalue weighted by atomic mass is 9.95. The van der Waals surface area contributed by atoms with Gasteiger partial charge >= 0.3 is 12.4 Å². The summed E-state index contributed by atoms with van der Waals surface area (Å²) < 4.78 is 86.1. The molecule has 264 valence electrons. The van der Waals surface area contributed by atoms with Gasteiger partial charge in [-0.25, -0.2) is 9.97 Å². The lowest BCUT2D eigenvalue weighted by Gasteiger charge is -2.16. The minimum absolute atomic E-state index is 0.425. The first kappa shape index (κ1) is 34.1. The Bertz CT molecular complexity index is 2560. The number of nitrogens with zero attached hydrogens (tertiary/aromatic N) is 3. The summed E-state index contributed by atoms with van der Waals surface area (Å²) in [4.78, 5) is 8.89. The smallest absolute Gasteiger partial charge is 0.309 e. The van der Waals surface area contributed by atoms with Gasteiger partial charge in [-0.3, -0.25) is 0 Å². The molecular weight excluding hydrogens is 684 g/mol. The highest BCUT2D eigenvalue weighted by molar-refractivity contribution is 6.12. The first-order valence-corrected chi connectivity index (χ1v) is 17.2. The maximum Gasteiger partial charge on any atom is 0.416 e. The van der Waals surface area contributed by atoms with E-state index in [2.05, 4.69) is 14.5 Å². The third-order valence-electron chi connectivity index (χ3n) is 9.84. The van der Waals surface area contributed by atoms with Crippen LogP contribution in [-0.4, -0.2) is 14.5 Å². The third-order valence-corrected chi connectivity index (χ3v) is 9.84. The fraction of sp³-hybridized carbons (Fsp3) is 0.136. The molecule has 0 bridgehead atoms. The fourth-order valence-corrected chi connectivity index (χ4v) is 7.21. The van der Waals surface area contributed by atoms with Crippen LogP contribution in [0.5, 0.6) is 0 Å². The molecule has 0 aliphatic heterocycles. The predicted octanol–water partition coefficient (Wildman–Crippen LogP) is 12.9. The van der Waals surface area contributed by atoms with Crippen LogP contribution in [-0.2, 0) is 25.2 Å². The summed E-state index contributed by atoms with van der Waals surface area (Å²) >= 11 is 0. The van der Waals surface area contributed by atoms with Gasteiger partial charge in [0, 0.05) is 34.1 Å². The summed E-state index contributed by atoms with van der Waals surface area (Å²) in [7, 11) is 0. The summed E-state index contributed by atoms with van der Waals surface area (Å²) in [6, 6.07) is 33.1. The van der Waals surface area contributed by atoms with E-state index in [9.17, 15) is 26.3 Å². The van der Waals surface area contributed by atoms with Crippen LogP contribution in [0.1, 0.15) is 36.1 Å². The molecule has 8 aromatic rings. The summed E-state index contributed by atoms with van der Waals surface area (Å²) in [5.41, 5.74) is 6.52. The molecular formula is C44H31F6N3. The van der Waals surface area contributed by atoms with Gasteiger partial charge in [0.15, 0.2) is 5.65 Å². The lowest BCUT2D eigenvalue weighted by molar-refractivity contribution is -0.138. The van der Waals surface area contributed by atoms with E-state index in [0.29, 0.717) is 51.9 Å². The second-order valence-electron chi connectivity index (χ2n) is 13.1. The minimum atomic E-state index is -4.52. The maximum atomic E-state index is 14.0. The second-order valence-corrected chi connectivity index (χ2v) is 13.1. The Morgan fingerprint density at radius 3 is 1.58 bits per heavy atom. The van der Waals surface area contributed by atoms with Crippen molar-refractivity contribution >= 4 is 32.8 Å². The maximum absolute atomic E-state index is 14.0. The molecule has 8 rings (SSSR count). The molecule has 0 radical (unpaired) electrons. The molecule has 0 fully saturated rings. The van der Waals surface area contributed by atoms with E-state index in [-0.39, 0.29) is 0 Å². The van der Waals surface area contributed by atoms with Crippen molar-refractivity contribution in [1.82, 2.24) is 14.5 Å². The highest BCUT2D eigenvalue weighted by Gasteiger charge is 2.32. The molecule has 0 atom stereocenters. The van der Waals surface area contributed by atoms with Gasteiger partial charge in [-0.05, 0) is 125 Å². The summed E-state index contributed by atoms with van der Waals surface area (Å²) in [5, 5.41) is 2.35. The molecule has 0 aliphatic carbocycles. The van der Waals surface area contributed by atoms with Crippen LogP contribution in [0.15, 0.2) is 128 Å². The Hall–Kier alpha value is -5.96. The van der Waals surface area contributed by atoms with Crippen LogP contribution in [0.25, 0.3) is 71.9 Å². The number of alkyl halides is 6. The second kappa shape index (κ2) is 12.9. The van der Waals surface area contributed by atoms with Gasteiger partial charge in [0.25, 0.3) is 0 Å². The normalized spacial score (nSPS) is 12.3. The zero-order valence-corrected chi connectivity index (χ0v) is 28.6. The topological polar surface area (TPSA) is 30.7 Å². The van der Waals surface area contributed by atoms with E-state index < -0.39 is 23.5 Å². The number of hydrogen-bond donors (Lipinski definition) is 0. The quantitative estimate of drug-likeness (QED) is 0.161. The minimum Gasteiger partial charge on any atom is -0.309 e. The molecule has 0 unspecified atom stereocenters. The highest BCUT2D eigenvalue weighted by atomic mass is 19.4. The van der Waals surface area contributed by atoms with E-state index in [0.717, 1.165) is 56.1 Å². The van der Waals surface area contributed by atoms with Crippen LogP contribution in [0.3, 0.4) is 0 Å². The van der Waals surface area contributed by atoms with Gasteiger partial charge in [0.2, 0.25) is 0 Å². The van der Waals surface area contributed by atoms with Crippen molar-refractivity contribution in [3.8, 4) is 39.1 Å². The molecule has 53 heavy (non-hydrogen) atoms. The first-order chi connectivity index (χ1) is 25.4. The van der Waals surface area contributed by atoms with Crippen molar-refractivity contribution in [3.63, 3.8) is 0 Å². The zero-order chi connectivity index (χ0) is 37.1. The Labute approximate surface area is 301 Å². The largest absolute Gasteiger partial charge is 0.416 e. The number of benzene rings is 5. The number of aryl methyl sites for hydroxylation is 2. The average Bonchev–Trinajstić information content (AvgIpc) is 3.49. The van der Waals surface area contributed by atoms with E-state index in [1.165, 1.54) is 12.1 Å². The van der Waals surface area contributed by atoms with Crippen molar-refractivity contribution in [2.45, 2.75) is 39.0 Å². The van der Waals surface area contributed by atoms with Gasteiger partial charge in [-0.15, -0.1) is 0 Å². The standard InChI is InChI=1S/C44H31F6N3/c1-3-26-18-30(22-32(20-26)43(45,46)47)28-11-13-40-37(24-28)38-25-29(31-19-27(4-2)21-33(23-31)44(48,49)50)12-14-41(38)53(40)39-10-6-5-8-35(39)34-15-17-52-42-36(34)9-7-16-51-42/h5-25H,3-4H2,1-2H3. The Morgan fingerprint density at radius 1 is 0.491 bits per heavy atom. The summed E-state index contributed by atoms with van der Waals surface area (Å²) in [6.45, 7) is 3.63. The average molecular weight is 716 g/mol. The number of halogens is 6.